The Morgan fingerprint density at radius 3 is 2.71 bits per heavy atom. The van der Waals surface area contributed by atoms with Gasteiger partial charge in [0.25, 0.3) is 0 Å². The fourth-order valence-electron chi connectivity index (χ4n) is 2.64. The SMILES string of the molecule is CCCC(=O)Nc1nc([C@H]2CCCN2C(=O)OC(C)(C)C)nn1C. The molecule has 0 saturated carbocycles. The van der Waals surface area contributed by atoms with Gasteiger partial charge in [0.2, 0.25) is 11.9 Å². The minimum Gasteiger partial charge on any atom is -0.444 e. The lowest BCUT2D eigenvalue weighted by atomic mass is 10.2. The maximum atomic E-state index is 12.4. The molecule has 2 rings (SSSR count). The first kappa shape index (κ1) is 18.2. The van der Waals surface area contributed by atoms with E-state index in [1.165, 1.54) is 4.68 Å². The van der Waals surface area contributed by atoms with E-state index in [1.807, 2.05) is 27.7 Å². The summed E-state index contributed by atoms with van der Waals surface area (Å²) in [4.78, 5) is 30.2. The Labute approximate surface area is 142 Å². The van der Waals surface area contributed by atoms with Crippen LogP contribution in [0.25, 0.3) is 0 Å². The molecule has 0 aliphatic carbocycles. The molecule has 0 aromatic carbocycles. The third-order valence-electron chi connectivity index (χ3n) is 3.69. The highest BCUT2D eigenvalue weighted by Gasteiger charge is 2.35. The molecule has 1 N–H and O–H groups in total. The first-order chi connectivity index (χ1) is 11.2. The summed E-state index contributed by atoms with van der Waals surface area (Å²) in [7, 11) is 1.73. The highest BCUT2D eigenvalue weighted by Crippen LogP contribution is 2.31. The zero-order valence-corrected chi connectivity index (χ0v) is 15.1. The quantitative estimate of drug-likeness (QED) is 0.912. The van der Waals surface area contributed by atoms with Gasteiger partial charge in [-0.1, -0.05) is 6.92 Å². The Hall–Kier alpha value is -2.12. The Bertz CT molecular complexity index is 605. The van der Waals surface area contributed by atoms with Crippen molar-refractivity contribution in [3.8, 4) is 0 Å². The topological polar surface area (TPSA) is 89.3 Å². The van der Waals surface area contributed by atoms with Gasteiger partial charge >= 0.3 is 6.09 Å². The molecular formula is C16H27N5O3. The summed E-state index contributed by atoms with van der Waals surface area (Å²) in [6, 6.07) is -0.220. The van der Waals surface area contributed by atoms with Gasteiger partial charge in [0.05, 0.1) is 6.04 Å². The summed E-state index contributed by atoms with van der Waals surface area (Å²) in [5.41, 5.74) is -0.541. The predicted octanol–water partition coefficient (Wildman–Crippen LogP) is 2.63. The second kappa shape index (κ2) is 7.19. The molecule has 1 aromatic rings. The second-order valence-corrected chi connectivity index (χ2v) is 7.05. The number of hydrogen-bond donors (Lipinski definition) is 1. The first-order valence-corrected chi connectivity index (χ1v) is 8.41. The number of aromatic nitrogens is 3. The van der Waals surface area contributed by atoms with E-state index in [0.29, 0.717) is 24.7 Å². The maximum absolute atomic E-state index is 12.4. The normalized spacial score (nSPS) is 17.9. The van der Waals surface area contributed by atoms with Gasteiger partial charge < -0.3 is 4.74 Å². The Morgan fingerprint density at radius 1 is 1.38 bits per heavy atom. The maximum Gasteiger partial charge on any atom is 0.410 e. The molecule has 1 atom stereocenters. The largest absolute Gasteiger partial charge is 0.444 e. The summed E-state index contributed by atoms with van der Waals surface area (Å²) in [5.74, 6) is 0.849. The van der Waals surface area contributed by atoms with E-state index in [1.54, 1.807) is 11.9 Å². The molecule has 1 aliphatic heterocycles. The van der Waals surface area contributed by atoms with Gasteiger partial charge in [-0.2, -0.15) is 10.1 Å². The molecule has 134 valence electrons. The Kier molecular flexibility index (Phi) is 5.46. The van der Waals surface area contributed by atoms with E-state index in [4.69, 9.17) is 4.74 Å². The van der Waals surface area contributed by atoms with E-state index < -0.39 is 5.60 Å². The Morgan fingerprint density at radius 2 is 2.08 bits per heavy atom. The van der Waals surface area contributed by atoms with Crippen LogP contribution in [0, 0.1) is 0 Å². The standard InChI is InChI=1S/C16H27N5O3/c1-6-8-12(22)17-14-18-13(19-20(14)5)11-9-7-10-21(11)15(23)24-16(2,3)4/h11H,6-10H2,1-5H3,(H,17,18,19,22)/t11-/m1/s1. The molecule has 0 spiro atoms. The molecule has 24 heavy (non-hydrogen) atoms. The third kappa shape index (κ3) is 4.46. The number of anilines is 1. The number of amides is 2. The van der Waals surface area contributed by atoms with Crippen LogP contribution in [0.1, 0.15) is 65.2 Å². The van der Waals surface area contributed by atoms with Crippen LogP contribution < -0.4 is 5.32 Å². The van der Waals surface area contributed by atoms with Crippen molar-refractivity contribution in [1.29, 1.82) is 0 Å². The van der Waals surface area contributed by atoms with E-state index in [-0.39, 0.29) is 18.0 Å². The number of carbonyl (C=O) groups is 2. The molecule has 8 nitrogen and oxygen atoms in total. The van der Waals surface area contributed by atoms with Gasteiger partial charge in [0.1, 0.15) is 5.60 Å². The zero-order valence-electron chi connectivity index (χ0n) is 15.1. The van der Waals surface area contributed by atoms with Gasteiger partial charge in [0, 0.05) is 20.0 Å². The van der Waals surface area contributed by atoms with Crippen molar-refractivity contribution in [2.24, 2.45) is 7.05 Å². The van der Waals surface area contributed by atoms with Crippen molar-refractivity contribution < 1.29 is 14.3 Å². The minimum absolute atomic E-state index is 0.0880. The average molecular weight is 337 g/mol. The number of ether oxygens (including phenoxy) is 1. The van der Waals surface area contributed by atoms with Crippen LogP contribution in [0.3, 0.4) is 0 Å². The number of nitrogens with one attached hydrogen (secondary N) is 1. The summed E-state index contributed by atoms with van der Waals surface area (Å²) in [5, 5.41) is 7.13. The van der Waals surface area contributed by atoms with Crippen molar-refractivity contribution in [2.75, 3.05) is 11.9 Å². The molecule has 0 radical (unpaired) electrons. The predicted molar refractivity (Wildman–Crippen MR) is 89.5 cm³/mol. The van der Waals surface area contributed by atoms with E-state index in [9.17, 15) is 9.59 Å². The van der Waals surface area contributed by atoms with Gasteiger partial charge in [0.15, 0.2) is 5.82 Å². The molecule has 1 saturated heterocycles. The number of nitrogens with zero attached hydrogens (tertiary/aromatic N) is 4. The van der Waals surface area contributed by atoms with Gasteiger partial charge in [-0.05, 0) is 40.0 Å². The highest BCUT2D eigenvalue weighted by atomic mass is 16.6. The summed E-state index contributed by atoms with van der Waals surface area (Å²) in [6.45, 7) is 8.09. The van der Waals surface area contributed by atoms with Crippen LogP contribution in [-0.2, 0) is 16.6 Å². The molecule has 1 aromatic heterocycles. The highest BCUT2D eigenvalue weighted by molar-refractivity contribution is 5.88. The third-order valence-corrected chi connectivity index (χ3v) is 3.69. The van der Waals surface area contributed by atoms with Crippen LogP contribution in [-0.4, -0.2) is 43.8 Å². The van der Waals surface area contributed by atoms with Gasteiger partial charge in [-0.3, -0.25) is 15.0 Å². The number of rotatable bonds is 4. The molecule has 2 amide bonds. The van der Waals surface area contributed by atoms with Gasteiger partial charge in [-0.15, -0.1) is 0 Å². The number of hydrogen-bond acceptors (Lipinski definition) is 5. The molecule has 2 heterocycles. The van der Waals surface area contributed by atoms with Crippen molar-refractivity contribution >= 4 is 17.9 Å². The van der Waals surface area contributed by atoms with Crippen LogP contribution in [0.2, 0.25) is 0 Å². The molecule has 0 bridgehead atoms. The average Bonchev–Trinajstić information content (AvgIpc) is 3.04. The molecule has 1 fully saturated rings. The Balaban J connectivity index is 2.12. The molecule has 8 heteroatoms. The van der Waals surface area contributed by atoms with Crippen LogP contribution in [0.5, 0.6) is 0 Å². The fraction of sp³-hybridized carbons (Fsp3) is 0.750. The lowest BCUT2D eigenvalue weighted by molar-refractivity contribution is -0.116. The monoisotopic (exact) mass is 337 g/mol. The van der Waals surface area contributed by atoms with E-state index in [2.05, 4.69) is 15.4 Å². The molecular weight excluding hydrogens is 310 g/mol. The minimum atomic E-state index is -0.541. The zero-order chi connectivity index (χ0) is 17.9. The van der Waals surface area contributed by atoms with Crippen LogP contribution >= 0.6 is 0 Å². The van der Waals surface area contributed by atoms with Crippen molar-refractivity contribution in [1.82, 2.24) is 19.7 Å². The van der Waals surface area contributed by atoms with E-state index >= 15 is 0 Å². The first-order valence-electron chi connectivity index (χ1n) is 8.41. The van der Waals surface area contributed by atoms with E-state index in [0.717, 1.165) is 19.3 Å². The molecule has 0 unspecified atom stereocenters. The van der Waals surface area contributed by atoms with Crippen molar-refractivity contribution in [2.45, 2.75) is 65.0 Å². The summed E-state index contributed by atoms with van der Waals surface area (Å²) < 4.78 is 7.00. The summed E-state index contributed by atoms with van der Waals surface area (Å²) in [6.07, 6.45) is 2.51. The number of aryl methyl sites for hydroxylation is 1. The van der Waals surface area contributed by atoms with Crippen LogP contribution in [0.15, 0.2) is 0 Å². The van der Waals surface area contributed by atoms with Crippen molar-refractivity contribution in [3.63, 3.8) is 0 Å². The number of likely N-dealkylation sites (tertiary alicyclic amines) is 1. The lowest BCUT2D eigenvalue weighted by Gasteiger charge is -2.27. The number of carbonyl (C=O) groups excluding carboxylic acids is 2. The van der Waals surface area contributed by atoms with Gasteiger partial charge in [-0.25, -0.2) is 9.48 Å². The summed E-state index contributed by atoms with van der Waals surface area (Å²) >= 11 is 0. The fourth-order valence-corrected chi connectivity index (χ4v) is 2.64. The second-order valence-electron chi connectivity index (χ2n) is 7.05. The van der Waals surface area contributed by atoms with Crippen molar-refractivity contribution in [3.05, 3.63) is 5.82 Å². The lowest BCUT2D eigenvalue weighted by Crippen LogP contribution is -2.36. The van der Waals surface area contributed by atoms with Crippen LogP contribution in [0.4, 0.5) is 10.7 Å². The molecule has 1 aliphatic rings. The smallest absolute Gasteiger partial charge is 0.410 e.